The van der Waals surface area contributed by atoms with Crippen molar-refractivity contribution in [1.82, 2.24) is 4.57 Å². The van der Waals surface area contributed by atoms with E-state index in [1.54, 1.807) is 12.1 Å². The molecule has 22 heavy (non-hydrogen) atoms. The predicted octanol–water partition coefficient (Wildman–Crippen LogP) is 3.11. The van der Waals surface area contributed by atoms with Crippen LogP contribution in [0.25, 0.3) is 10.9 Å². The monoisotopic (exact) mass is 294 g/mol. The molecule has 0 aliphatic carbocycles. The fourth-order valence-electron chi connectivity index (χ4n) is 2.86. The van der Waals surface area contributed by atoms with E-state index < -0.39 is 5.91 Å². The van der Waals surface area contributed by atoms with E-state index in [2.05, 4.69) is 28.8 Å². The number of aromatic hydroxyl groups is 1. The highest BCUT2D eigenvalue weighted by Crippen LogP contribution is 2.29. The predicted molar refractivity (Wildman–Crippen MR) is 87.1 cm³/mol. The lowest BCUT2D eigenvalue weighted by molar-refractivity contribution is 0.100. The molecular weight excluding hydrogens is 276 g/mol. The molecule has 112 valence electrons. The van der Waals surface area contributed by atoms with E-state index in [4.69, 9.17) is 5.73 Å². The minimum Gasteiger partial charge on any atom is -0.508 e. The summed E-state index contributed by atoms with van der Waals surface area (Å²) in [6.45, 7) is 4.58. The van der Waals surface area contributed by atoms with Crippen molar-refractivity contribution in [3.8, 4) is 5.75 Å². The second kappa shape index (κ2) is 5.22. The molecule has 1 amide bonds. The summed E-state index contributed by atoms with van der Waals surface area (Å²) >= 11 is 0. The third kappa shape index (κ3) is 2.33. The number of carbonyl (C=O) groups is 1. The number of rotatable bonds is 3. The number of fused-ring (bicyclic) bond motifs is 1. The quantitative estimate of drug-likeness (QED) is 0.779. The van der Waals surface area contributed by atoms with Gasteiger partial charge in [0, 0.05) is 23.1 Å². The van der Waals surface area contributed by atoms with Crippen LogP contribution in [0.4, 0.5) is 0 Å². The number of nitrogens with two attached hydrogens (primary N) is 1. The highest BCUT2D eigenvalue weighted by molar-refractivity contribution is 6.08. The van der Waals surface area contributed by atoms with Crippen molar-refractivity contribution in [3.63, 3.8) is 0 Å². The molecule has 0 aliphatic rings. The Balaban J connectivity index is 2.18. The van der Waals surface area contributed by atoms with Gasteiger partial charge in [0.1, 0.15) is 5.75 Å². The van der Waals surface area contributed by atoms with Crippen LogP contribution >= 0.6 is 0 Å². The molecule has 1 heterocycles. The van der Waals surface area contributed by atoms with Crippen LogP contribution in [-0.4, -0.2) is 15.6 Å². The molecule has 0 fully saturated rings. The van der Waals surface area contributed by atoms with Crippen molar-refractivity contribution in [3.05, 3.63) is 64.8 Å². The van der Waals surface area contributed by atoms with Crippen molar-refractivity contribution in [2.24, 2.45) is 5.73 Å². The molecule has 4 nitrogen and oxygen atoms in total. The maximum Gasteiger partial charge on any atom is 0.251 e. The summed E-state index contributed by atoms with van der Waals surface area (Å²) in [5.74, 6) is -0.349. The number of hydrogen-bond acceptors (Lipinski definition) is 2. The molecule has 0 aliphatic heterocycles. The Morgan fingerprint density at radius 1 is 1.14 bits per heavy atom. The molecule has 4 heteroatoms. The number of carbonyl (C=O) groups excluding carboxylic acids is 1. The van der Waals surface area contributed by atoms with Gasteiger partial charge in [-0.3, -0.25) is 4.79 Å². The largest absolute Gasteiger partial charge is 0.508 e. The SMILES string of the molecule is Cc1ccc(Cn2c(C)c(C(N)=O)c3cc(O)ccc32)cc1. The third-order valence-corrected chi connectivity index (χ3v) is 4.01. The molecule has 0 atom stereocenters. The van der Waals surface area contributed by atoms with Gasteiger partial charge in [-0.2, -0.15) is 0 Å². The Bertz CT molecular complexity index is 861. The summed E-state index contributed by atoms with van der Waals surface area (Å²) in [7, 11) is 0. The van der Waals surface area contributed by atoms with E-state index >= 15 is 0 Å². The van der Waals surface area contributed by atoms with Gasteiger partial charge in [-0.05, 0) is 37.6 Å². The van der Waals surface area contributed by atoms with Crippen LogP contribution in [0.2, 0.25) is 0 Å². The Morgan fingerprint density at radius 2 is 1.82 bits per heavy atom. The van der Waals surface area contributed by atoms with Gasteiger partial charge >= 0.3 is 0 Å². The zero-order chi connectivity index (χ0) is 15.9. The van der Waals surface area contributed by atoms with Crippen molar-refractivity contribution in [2.45, 2.75) is 20.4 Å². The zero-order valence-electron chi connectivity index (χ0n) is 12.6. The van der Waals surface area contributed by atoms with E-state index in [-0.39, 0.29) is 5.75 Å². The molecule has 1 aromatic heterocycles. The summed E-state index contributed by atoms with van der Waals surface area (Å²) in [4.78, 5) is 11.8. The molecule has 3 aromatic rings. The molecule has 2 aromatic carbocycles. The van der Waals surface area contributed by atoms with Gasteiger partial charge in [-0.1, -0.05) is 29.8 Å². The molecule has 0 saturated carbocycles. The van der Waals surface area contributed by atoms with Crippen molar-refractivity contribution >= 4 is 16.8 Å². The first-order chi connectivity index (χ1) is 10.5. The van der Waals surface area contributed by atoms with E-state index in [0.717, 1.165) is 16.8 Å². The number of benzene rings is 2. The lowest BCUT2D eigenvalue weighted by atomic mass is 10.1. The van der Waals surface area contributed by atoms with Gasteiger partial charge in [-0.25, -0.2) is 0 Å². The molecule has 0 unspecified atom stereocenters. The van der Waals surface area contributed by atoms with Gasteiger partial charge in [0.2, 0.25) is 0 Å². The van der Waals surface area contributed by atoms with Crippen LogP contribution in [0.5, 0.6) is 5.75 Å². The number of primary amides is 1. The summed E-state index contributed by atoms with van der Waals surface area (Å²) in [6.07, 6.45) is 0. The normalized spacial score (nSPS) is 11.0. The number of phenols is 1. The first kappa shape index (κ1) is 14.2. The number of aromatic nitrogens is 1. The van der Waals surface area contributed by atoms with Crippen molar-refractivity contribution in [1.29, 1.82) is 0 Å². The van der Waals surface area contributed by atoms with Crippen LogP contribution in [0.3, 0.4) is 0 Å². The highest BCUT2D eigenvalue weighted by atomic mass is 16.3. The van der Waals surface area contributed by atoms with Crippen LogP contribution in [-0.2, 0) is 6.54 Å². The second-order valence-corrected chi connectivity index (χ2v) is 5.60. The lowest BCUT2D eigenvalue weighted by Crippen LogP contribution is -2.13. The molecule has 0 bridgehead atoms. The number of aryl methyl sites for hydroxylation is 1. The van der Waals surface area contributed by atoms with Gasteiger partial charge in [-0.15, -0.1) is 0 Å². The van der Waals surface area contributed by atoms with Crippen molar-refractivity contribution < 1.29 is 9.90 Å². The maximum absolute atomic E-state index is 11.8. The number of hydrogen-bond donors (Lipinski definition) is 2. The van der Waals surface area contributed by atoms with Gasteiger partial charge in [0.05, 0.1) is 5.56 Å². The van der Waals surface area contributed by atoms with E-state index in [0.29, 0.717) is 17.5 Å². The Morgan fingerprint density at radius 3 is 2.45 bits per heavy atom. The van der Waals surface area contributed by atoms with E-state index in [1.807, 2.05) is 19.9 Å². The van der Waals surface area contributed by atoms with Crippen LogP contribution in [0, 0.1) is 13.8 Å². The average Bonchev–Trinajstić information content (AvgIpc) is 2.73. The van der Waals surface area contributed by atoms with E-state index in [9.17, 15) is 9.90 Å². The fourth-order valence-corrected chi connectivity index (χ4v) is 2.86. The number of nitrogens with zero attached hydrogens (tertiary/aromatic N) is 1. The Kier molecular flexibility index (Phi) is 3.37. The second-order valence-electron chi connectivity index (χ2n) is 5.60. The van der Waals surface area contributed by atoms with Gasteiger partial charge in [0.25, 0.3) is 5.91 Å². The summed E-state index contributed by atoms with van der Waals surface area (Å²) in [5.41, 5.74) is 10.1. The summed E-state index contributed by atoms with van der Waals surface area (Å²) in [6, 6.07) is 13.3. The third-order valence-electron chi connectivity index (χ3n) is 4.01. The molecule has 0 spiro atoms. The number of amides is 1. The summed E-state index contributed by atoms with van der Waals surface area (Å²) < 4.78 is 2.06. The number of phenolic OH excluding ortho intramolecular Hbond substituents is 1. The lowest BCUT2D eigenvalue weighted by Gasteiger charge is -2.09. The van der Waals surface area contributed by atoms with Gasteiger partial charge < -0.3 is 15.4 Å². The first-order valence-corrected chi connectivity index (χ1v) is 7.14. The van der Waals surface area contributed by atoms with E-state index in [1.165, 1.54) is 5.56 Å². The molecule has 0 saturated heterocycles. The van der Waals surface area contributed by atoms with Crippen LogP contribution < -0.4 is 5.73 Å². The molecular formula is C18H18N2O2. The Hall–Kier alpha value is -2.75. The maximum atomic E-state index is 11.8. The molecule has 3 rings (SSSR count). The first-order valence-electron chi connectivity index (χ1n) is 7.14. The topological polar surface area (TPSA) is 68.2 Å². The molecule has 3 N–H and O–H groups in total. The molecule has 0 radical (unpaired) electrons. The highest BCUT2D eigenvalue weighted by Gasteiger charge is 2.18. The van der Waals surface area contributed by atoms with Crippen LogP contribution in [0.15, 0.2) is 42.5 Å². The average molecular weight is 294 g/mol. The van der Waals surface area contributed by atoms with Crippen molar-refractivity contribution in [2.75, 3.05) is 0 Å². The zero-order valence-corrected chi connectivity index (χ0v) is 12.6. The summed E-state index contributed by atoms with van der Waals surface area (Å²) in [5, 5.41) is 10.4. The minimum atomic E-state index is -0.476. The standard InChI is InChI=1S/C18H18N2O2/c1-11-3-5-13(6-4-11)10-20-12(2)17(18(19)22)15-9-14(21)7-8-16(15)20/h3-9,21H,10H2,1-2H3,(H2,19,22). The Labute approximate surface area is 128 Å². The van der Waals surface area contributed by atoms with Gasteiger partial charge in [0.15, 0.2) is 0 Å². The smallest absolute Gasteiger partial charge is 0.251 e. The minimum absolute atomic E-state index is 0.127. The van der Waals surface area contributed by atoms with Crippen LogP contribution in [0.1, 0.15) is 27.2 Å². The fraction of sp³-hybridized carbons (Fsp3) is 0.167.